The number of primary amides is 1. The SMILES string of the molecule is CC(C)C(NC(N)=O)C(=O)NC1COCC1C(=O)O. The summed E-state index contributed by atoms with van der Waals surface area (Å²) in [6, 6.07) is -2.19. The molecule has 3 amide bonds. The first-order chi connectivity index (χ1) is 8.82. The first kappa shape index (κ1) is 15.2. The number of carbonyl (C=O) groups is 3. The number of aliphatic carboxylic acids is 1. The number of urea groups is 1. The van der Waals surface area contributed by atoms with E-state index in [4.69, 9.17) is 15.6 Å². The molecule has 1 fully saturated rings. The summed E-state index contributed by atoms with van der Waals surface area (Å²) in [5.74, 6) is -2.43. The summed E-state index contributed by atoms with van der Waals surface area (Å²) in [4.78, 5) is 33.8. The highest BCUT2D eigenvalue weighted by atomic mass is 16.5. The Morgan fingerprint density at radius 1 is 1.32 bits per heavy atom. The molecule has 0 aromatic heterocycles. The van der Waals surface area contributed by atoms with E-state index in [1.54, 1.807) is 13.8 Å². The lowest BCUT2D eigenvalue weighted by molar-refractivity contribution is -0.142. The van der Waals surface area contributed by atoms with Gasteiger partial charge in [-0.3, -0.25) is 9.59 Å². The maximum absolute atomic E-state index is 12.0. The summed E-state index contributed by atoms with van der Waals surface area (Å²) >= 11 is 0. The van der Waals surface area contributed by atoms with E-state index in [1.807, 2.05) is 0 Å². The maximum Gasteiger partial charge on any atom is 0.312 e. The van der Waals surface area contributed by atoms with E-state index < -0.39 is 35.9 Å². The largest absolute Gasteiger partial charge is 0.481 e. The van der Waals surface area contributed by atoms with Gasteiger partial charge in [0, 0.05) is 0 Å². The molecule has 5 N–H and O–H groups in total. The molecule has 0 saturated carbocycles. The molecule has 8 nitrogen and oxygen atoms in total. The third-order valence-corrected chi connectivity index (χ3v) is 2.97. The molecular weight excluding hydrogens is 254 g/mol. The molecule has 3 unspecified atom stereocenters. The maximum atomic E-state index is 12.0. The number of nitrogens with one attached hydrogen (secondary N) is 2. The third kappa shape index (κ3) is 4.09. The van der Waals surface area contributed by atoms with Gasteiger partial charge in [0.15, 0.2) is 0 Å². The van der Waals surface area contributed by atoms with E-state index in [9.17, 15) is 14.4 Å². The van der Waals surface area contributed by atoms with Crippen LogP contribution in [0.1, 0.15) is 13.8 Å². The molecule has 1 aliphatic heterocycles. The second-order valence-electron chi connectivity index (χ2n) is 4.83. The van der Waals surface area contributed by atoms with Gasteiger partial charge in [0.05, 0.1) is 19.3 Å². The minimum absolute atomic E-state index is 0.0654. The van der Waals surface area contributed by atoms with Crippen molar-refractivity contribution in [3.63, 3.8) is 0 Å². The van der Waals surface area contributed by atoms with Crippen LogP contribution in [0.5, 0.6) is 0 Å². The zero-order valence-electron chi connectivity index (χ0n) is 10.9. The Labute approximate surface area is 110 Å². The second kappa shape index (κ2) is 6.37. The van der Waals surface area contributed by atoms with Crippen molar-refractivity contribution in [3.05, 3.63) is 0 Å². The topological polar surface area (TPSA) is 131 Å². The Morgan fingerprint density at radius 3 is 2.42 bits per heavy atom. The highest BCUT2D eigenvalue weighted by Gasteiger charge is 2.36. The van der Waals surface area contributed by atoms with E-state index in [2.05, 4.69) is 10.6 Å². The number of hydrogen-bond donors (Lipinski definition) is 4. The molecule has 3 atom stereocenters. The summed E-state index contributed by atoms with van der Waals surface area (Å²) in [6.07, 6.45) is 0. The molecule has 0 bridgehead atoms. The molecule has 0 aromatic carbocycles. The van der Waals surface area contributed by atoms with Gasteiger partial charge in [-0.15, -0.1) is 0 Å². The molecule has 0 spiro atoms. The molecule has 1 aliphatic rings. The lowest BCUT2D eigenvalue weighted by Gasteiger charge is -2.23. The quantitative estimate of drug-likeness (QED) is 0.504. The molecule has 8 heteroatoms. The molecule has 1 rings (SSSR count). The van der Waals surface area contributed by atoms with Crippen molar-refractivity contribution in [1.29, 1.82) is 0 Å². The Bertz CT molecular complexity index is 371. The molecule has 0 radical (unpaired) electrons. The van der Waals surface area contributed by atoms with Crippen LogP contribution in [-0.2, 0) is 14.3 Å². The van der Waals surface area contributed by atoms with E-state index >= 15 is 0 Å². The fourth-order valence-electron chi connectivity index (χ4n) is 1.90. The monoisotopic (exact) mass is 273 g/mol. The minimum Gasteiger partial charge on any atom is -0.481 e. The van der Waals surface area contributed by atoms with Crippen molar-refractivity contribution in [1.82, 2.24) is 10.6 Å². The molecule has 0 aromatic rings. The zero-order chi connectivity index (χ0) is 14.6. The van der Waals surface area contributed by atoms with E-state index in [1.165, 1.54) is 0 Å². The van der Waals surface area contributed by atoms with Gasteiger partial charge in [-0.05, 0) is 5.92 Å². The lowest BCUT2D eigenvalue weighted by atomic mass is 10.0. The average molecular weight is 273 g/mol. The van der Waals surface area contributed by atoms with Crippen LogP contribution < -0.4 is 16.4 Å². The summed E-state index contributed by atoms with van der Waals surface area (Å²) in [6.45, 7) is 3.71. The van der Waals surface area contributed by atoms with Crippen molar-refractivity contribution < 1.29 is 24.2 Å². The average Bonchev–Trinajstić information content (AvgIpc) is 2.73. The number of amides is 3. The van der Waals surface area contributed by atoms with Gasteiger partial charge in [0.2, 0.25) is 5.91 Å². The fraction of sp³-hybridized carbons (Fsp3) is 0.727. The summed E-state index contributed by atoms with van der Waals surface area (Å²) in [5, 5.41) is 13.9. The number of carboxylic acid groups (broad SMARTS) is 1. The highest BCUT2D eigenvalue weighted by molar-refractivity contribution is 5.87. The third-order valence-electron chi connectivity index (χ3n) is 2.97. The van der Waals surface area contributed by atoms with Gasteiger partial charge in [-0.25, -0.2) is 4.79 Å². The van der Waals surface area contributed by atoms with Gasteiger partial charge < -0.3 is 26.2 Å². The predicted octanol–water partition coefficient (Wildman–Crippen LogP) is -1.10. The number of hydrogen-bond acceptors (Lipinski definition) is 4. The Morgan fingerprint density at radius 2 is 1.95 bits per heavy atom. The lowest BCUT2D eigenvalue weighted by Crippen LogP contribution is -2.55. The van der Waals surface area contributed by atoms with E-state index in [-0.39, 0.29) is 19.1 Å². The fourth-order valence-corrected chi connectivity index (χ4v) is 1.90. The predicted molar refractivity (Wildman–Crippen MR) is 65.2 cm³/mol. The van der Waals surface area contributed by atoms with Crippen molar-refractivity contribution in [2.24, 2.45) is 17.6 Å². The number of carboxylic acids is 1. The molecular formula is C11H19N3O5. The molecule has 1 heterocycles. The Hall–Kier alpha value is -1.83. The van der Waals surface area contributed by atoms with Gasteiger partial charge in [-0.2, -0.15) is 0 Å². The standard InChI is InChI=1S/C11H19N3O5/c1-5(2)8(14-11(12)18)9(15)13-7-4-19-3-6(7)10(16)17/h5-8H,3-4H2,1-2H3,(H,13,15)(H,16,17)(H3,12,14,18). The van der Waals surface area contributed by atoms with Crippen LogP contribution >= 0.6 is 0 Å². The van der Waals surface area contributed by atoms with Crippen LogP contribution in [-0.4, -0.2) is 48.3 Å². The first-order valence-corrected chi connectivity index (χ1v) is 5.99. The smallest absolute Gasteiger partial charge is 0.312 e. The zero-order valence-corrected chi connectivity index (χ0v) is 10.9. The van der Waals surface area contributed by atoms with Gasteiger partial charge >= 0.3 is 12.0 Å². The normalized spacial score (nSPS) is 23.9. The second-order valence-corrected chi connectivity index (χ2v) is 4.83. The van der Waals surface area contributed by atoms with E-state index in [0.717, 1.165) is 0 Å². The first-order valence-electron chi connectivity index (χ1n) is 5.99. The summed E-state index contributed by atoms with van der Waals surface area (Å²) in [5.41, 5.74) is 5.00. The number of nitrogens with two attached hydrogens (primary N) is 1. The molecule has 1 saturated heterocycles. The number of carbonyl (C=O) groups excluding carboxylic acids is 2. The molecule has 0 aliphatic carbocycles. The summed E-state index contributed by atoms with van der Waals surface area (Å²) < 4.78 is 5.05. The van der Waals surface area contributed by atoms with Gasteiger partial charge in [-0.1, -0.05) is 13.8 Å². The number of rotatable bonds is 5. The number of ether oxygens (including phenoxy) is 1. The van der Waals surface area contributed by atoms with Crippen LogP contribution in [0.15, 0.2) is 0 Å². The van der Waals surface area contributed by atoms with Crippen molar-refractivity contribution in [3.8, 4) is 0 Å². The molecule has 108 valence electrons. The van der Waals surface area contributed by atoms with Crippen LogP contribution in [0.3, 0.4) is 0 Å². The van der Waals surface area contributed by atoms with E-state index in [0.29, 0.717) is 0 Å². The minimum atomic E-state index is -1.02. The van der Waals surface area contributed by atoms with Crippen LogP contribution in [0.25, 0.3) is 0 Å². The highest BCUT2D eigenvalue weighted by Crippen LogP contribution is 2.14. The van der Waals surface area contributed by atoms with Gasteiger partial charge in [0.1, 0.15) is 12.0 Å². The van der Waals surface area contributed by atoms with Crippen LogP contribution in [0.4, 0.5) is 4.79 Å². The Kier molecular flexibility index (Phi) is 5.11. The van der Waals surface area contributed by atoms with Crippen LogP contribution in [0, 0.1) is 11.8 Å². The van der Waals surface area contributed by atoms with Crippen molar-refractivity contribution in [2.45, 2.75) is 25.9 Å². The van der Waals surface area contributed by atoms with Crippen LogP contribution in [0.2, 0.25) is 0 Å². The molecule has 19 heavy (non-hydrogen) atoms. The summed E-state index contributed by atoms with van der Waals surface area (Å²) in [7, 11) is 0. The van der Waals surface area contributed by atoms with Crippen molar-refractivity contribution in [2.75, 3.05) is 13.2 Å². The Balaban J connectivity index is 2.65. The van der Waals surface area contributed by atoms with Gasteiger partial charge in [0.25, 0.3) is 0 Å². The van der Waals surface area contributed by atoms with Crippen molar-refractivity contribution >= 4 is 17.9 Å².